The smallest absolute Gasteiger partial charge is 0.127 e. The van der Waals surface area contributed by atoms with Crippen molar-refractivity contribution in [2.24, 2.45) is 10.9 Å². The molecule has 7 nitrogen and oxygen atoms in total. The fourth-order valence-corrected chi connectivity index (χ4v) is 4.62. The zero-order chi connectivity index (χ0) is 28.5. The maximum atomic E-state index is 14.0. The Morgan fingerprint density at radius 1 is 1.02 bits per heavy atom. The first-order chi connectivity index (χ1) is 19.3. The van der Waals surface area contributed by atoms with E-state index in [4.69, 9.17) is 9.47 Å². The number of hydrogen-bond donors (Lipinski definition) is 0. The number of nitrogens with zero attached hydrogens (tertiary/aromatic N) is 4. The van der Waals surface area contributed by atoms with Crippen LogP contribution in [0.4, 0.5) is 4.39 Å². The number of ether oxygens (including phenoxy) is 2. The van der Waals surface area contributed by atoms with E-state index in [9.17, 15) is 9.50 Å². The van der Waals surface area contributed by atoms with E-state index in [-0.39, 0.29) is 18.9 Å². The Morgan fingerprint density at radius 2 is 1.82 bits per heavy atom. The van der Waals surface area contributed by atoms with Crippen LogP contribution in [0.2, 0.25) is 0 Å². The van der Waals surface area contributed by atoms with E-state index in [1.165, 1.54) is 17.7 Å². The molecule has 0 aliphatic carbocycles. The van der Waals surface area contributed by atoms with Crippen molar-refractivity contribution in [3.63, 3.8) is 0 Å². The number of hydrogen-bond acceptors (Lipinski definition) is 7. The molecule has 4 rings (SSSR count). The van der Waals surface area contributed by atoms with Crippen LogP contribution in [0.1, 0.15) is 37.6 Å². The van der Waals surface area contributed by atoms with Crippen LogP contribution in [-0.4, -0.2) is 67.1 Å². The molecule has 0 amide bonds. The summed E-state index contributed by atoms with van der Waals surface area (Å²) in [6.07, 6.45) is 1.90. The van der Waals surface area contributed by atoms with Gasteiger partial charge in [-0.1, -0.05) is 26.0 Å². The molecule has 0 bridgehead atoms. The van der Waals surface area contributed by atoms with Crippen molar-refractivity contribution in [1.82, 2.24) is 14.8 Å². The molecule has 1 fully saturated rings. The highest BCUT2D eigenvalue weighted by Crippen LogP contribution is 2.29. The predicted molar refractivity (Wildman–Crippen MR) is 155 cm³/mol. The van der Waals surface area contributed by atoms with E-state index in [0.29, 0.717) is 36.1 Å². The molecule has 1 aliphatic rings. The van der Waals surface area contributed by atoms with Gasteiger partial charge in [0.15, 0.2) is 0 Å². The van der Waals surface area contributed by atoms with Crippen LogP contribution in [0.5, 0.6) is 11.5 Å². The third-order valence-electron chi connectivity index (χ3n) is 6.80. The molecule has 0 spiro atoms. The van der Waals surface area contributed by atoms with Gasteiger partial charge in [0, 0.05) is 62.7 Å². The number of benzene rings is 2. The van der Waals surface area contributed by atoms with Crippen molar-refractivity contribution < 1.29 is 19.0 Å². The van der Waals surface area contributed by atoms with Gasteiger partial charge in [0.25, 0.3) is 0 Å². The number of halogens is 1. The molecule has 2 heterocycles. The fraction of sp³-hybridized carbons (Fsp3) is 0.438. The summed E-state index contributed by atoms with van der Waals surface area (Å²) >= 11 is 0. The van der Waals surface area contributed by atoms with Crippen molar-refractivity contribution >= 4 is 5.90 Å². The molecule has 40 heavy (non-hydrogen) atoms. The highest BCUT2D eigenvalue weighted by Gasteiger charge is 2.17. The highest BCUT2D eigenvalue weighted by atomic mass is 19.1. The maximum Gasteiger partial charge on any atom is 0.127 e. The number of pyridine rings is 1. The van der Waals surface area contributed by atoms with Crippen LogP contribution in [0.25, 0.3) is 11.1 Å². The van der Waals surface area contributed by atoms with Crippen LogP contribution in [0.15, 0.2) is 59.7 Å². The molecule has 0 radical (unpaired) electrons. The Balaban J connectivity index is 1.43. The van der Waals surface area contributed by atoms with Crippen molar-refractivity contribution in [1.29, 1.82) is 0 Å². The average molecular weight is 548 g/mol. The van der Waals surface area contributed by atoms with Gasteiger partial charge in [-0.25, -0.2) is 4.39 Å². The molecular formula is C32H40FN4O3-. The summed E-state index contributed by atoms with van der Waals surface area (Å²) in [5.74, 6) is 0.937. The summed E-state index contributed by atoms with van der Waals surface area (Å²) in [7, 11) is 2.16. The SMILES string of the molecule is CCOc1ccc(-c2ccc(CC([O-])=NCc3cc(F)cc(OCC(C)C)c3)nc2)c(CN2CCN(C)CC2)c1. The lowest BCUT2D eigenvalue weighted by Crippen LogP contribution is -2.43. The zero-order valence-corrected chi connectivity index (χ0v) is 24.0. The number of aliphatic imine (C=N–C) groups is 1. The molecule has 214 valence electrons. The Morgan fingerprint density at radius 3 is 2.52 bits per heavy atom. The molecular weight excluding hydrogens is 507 g/mol. The first kappa shape index (κ1) is 29.5. The lowest BCUT2D eigenvalue weighted by molar-refractivity contribution is -0.218. The maximum absolute atomic E-state index is 14.0. The summed E-state index contributed by atoms with van der Waals surface area (Å²) in [6.45, 7) is 12.3. The van der Waals surface area contributed by atoms with Crippen molar-refractivity contribution in [2.75, 3.05) is 46.4 Å². The third kappa shape index (κ3) is 8.76. The minimum atomic E-state index is -0.405. The highest BCUT2D eigenvalue weighted by molar-refractivity contribution is 5.74. The fourth-order valence-electron chi connectivity index (χ4n) is 4.62. The molecule has 1 aromatic heterocycles. The van der Waals surface area contributed by atoms with Crippen molar-refractivity contribution in [3.8, 4) is 22.6 Å². The Kier molecular flexibility index (Phi) is 10.5. The molecule has 2 aromatic carbocycles. The van der Waals surface area contributed by atoms with Crippen LogP contribution in [-0.2, 0) is 19.5 Å². The van der Waals surface area contributed by atoms with Gasteiger partial charge >= 0.3 is 0 Å². The van der Waals surface area contributed by atoms with E-state index in [2.05, 4.69) is 39.0 Å². The average Bonchev–Trinajstić information content (AvgIpc) is 2.93. The largest absolute Gasteiger partial charge is 0.862 e. The minimum Gasteiger partial charge on any atom is -0.862 e. The lowest BCUT2D eigenvalue weighted by Gasteiger charge is -2.32. The molecule has 0 unspecified atom stereocenters. The number of aromatic nitrogens is 1. The molecule has 0 saturated carbocycles. The van der Waals surface area contributed by atoms with Gasteiger partial charge in [0.05, 0.1) is 19.8 Å². The van der Waals surface area contributed by atoms with Gasteiger partial charge in [-0.05, 0) is 72.8 Å². The molecule has 1 aliphatic heterocycles. The topological polar surface area (TPSA) is 73.2 Å². The third-order valence-corrected chi connectivity index (χ3v) is 6.80. The zero-order valence-electron chi connectivity index (χ0n) is 24.0. The van der Waals surface area contributed by atoms with E-state index in [1.807, 2.05) is 45.2 Å². The molecule has 3 aromatic rings. The number of likely N-dealkylation sites (N-methyl/N-ethyl adjacent to an activating group) is 1. The first-order valence-electron chi connectivity index (χ1n) is 14.0. The van der Waals surface area contributed by atoms with E-state index < -0.39 is 5.82 Å². The van der Waals surface area contributed by atoms with E-state index in [0.717, 1.165) is 49.6 Å². The van der Waals surface area contributed by atoms with Gasteiger partial charge in [-0.15, -0.1) is 0 Å². The quantitative estimate of drug-likeness (QED) is 0.244. The van der Waals surface area contributed by atoms with Gasteiger partial charge < -0.3 is 24.5 Å². The summed E-state index contributed by atoms with van der Waals surface area (Å²) in [4.78, 5) is 13.5. The molecule has 0 N–H and O–H groups in total. The van der Waals surface area contributed by atoms with Gasteiger partial charge in [0.1, 0.15) is 17.3 Å². The van der Waals surface area contributed by atoms with E-state index in [1.54, 1.807) is 6.07 Å². The molecule has 1 saturated heterocycles. The lowest BCUT2D eigenvalue weighted by atomic mass is 9.99. The first-order valence-corrected chi connectivity index (χ1v) is 14.0. The summed E-state index contributed by atoms with van der Waals surface area (Å²) in [5.41, 5.74) is 4.54. The number of rotatable bonds is 12. The monoisotopic (exact) mass is 547 g/mol. The number of piperazine rings is 1. The summed E-state index contributed by atoms with van der Waals surface area (Å²) in [5, 5.41) is 12.6. The predicted octanol–water partition coefficient (Wildman–Crippen LogP) is 4.57. The molecule has 0 atom stereocenters. The van der Waals surface area contributed by atoms with Crippen LogP contribution < -0.4 is 14.6 Å². The van der Waals surface area contributed by atoms with Crippen LogP contribution in [0, 0.1) is 11.7 Å². The second-order valence-electron chi connectivity index (χ2n) is 10.8. The Hall–Kier alpha value is -3.49. The Labute approximate surface area is 237 Å². The second-order valence-corrected chi connectivity index (χ2v) is 10.8. The van der Waals surface area contributed by atoms with E-state index >= 15 is 0 Å². The normalized spacial score (nSPS) is 15.0. The summed E-state index contributed by atoms with van der Waals surface area (Å²) < 4.78 is 25.4. The van der Waals surface area contributed by atoms with Crippen molar-refractivity contribution in [3.05, 3.63) is 77.4 Å². The van der Waals surface area contributed by atoms with Gasteiger partial charge in [0.2, 0.25) is 0 Å². The van der Waals surface area contributed by atoms with Crippen molar-refractivity contribution in [2.45, 2.75) is 40.3 Å². The van der Waals surface area contributed by atoms with Crippen LogP contribution in [0.3, 0.4) is 0 Å². The minimum absolute atomic E-state index is 0.0870. The van der Waals surface area contributed by atoms with Gasteiger partial charge in [-0.2, -0.15) is 0 Å². The van der Waals surface area contributed by atoms with Crippen LogP contribution >= 0.6 is 0 Å². The summed E-state index contributed by atoms with van der Waals surface area (Å²) in [6, 6.07) is 14.5. The molecule has 8 heteroatoms. The second kappa shape index (κ2) is 14.2. The van der Waals surface area contributed by atoms with Gasteiger partial charge in [-0.3, -0.25) is 9.88 Å². The standard InChI is InChI=1S/C32H41FN4O3/c1-5-39-29-8-9-31(26(16-29)21-37-12-10-36(4)11-13-37)25-6-7-28(34-20-25)18-32(38)35-19-24-14-27(33)17-30(15-24)40-22-23(2)3/h6-9,14-17,20,23H,5,10-13,18-19,21-22H2,1-4H3,(H,35,38)/p-1. The Bertz CT molecular complexity index is 1270.